The van der Waals surface area contributed by atoms with Crippen molar-refractivity contribution in [1.29, 1.82) is 0 Å². The molecule has 19 heteroatoms. The lowest BCUT2D eigenvalue weighted by atomic mass is 9.90. The van der Waals surface area contributed by atoms with Crippen LogP contribution in [-0.4, -0.2) is 140 Å². The Morgan fingerprint density at radius 1 is 0.643 bits per heavy atom. The second kappa shape index (κ2) is 24.5. The average molecular weight is 982 g/mol. The van der Waals surface area contributed by atoms with E-state index < -0.39 is 66.4 Å². The third-order valence-corrected chi connectivity index (χ3v) is 12.0. The molecule has 0 aromatic heterocycles. The first-order valence-corrected chi connectivity index (χ1v) is 23.0. The van der Waals surface area contributed by atoms with E-state index >= 15 is 0 Å². The second-order valence-electron chi connectivity index (χ2n) is 18.4. The molecule has 3 fully saturated rings. The van der Waals surface area contributed by atoms with E-state index in [1.54, 1.807) is 88.4 Å². The molecule has 4 aromatic rings. The zero-order valence-corrected chi connectivity index (χ0v) is 40.0. The Bertz CT molecular complexity index is 2250. The number of aliphatic hydroxyl groups excluding tert-OH is 6. The van der Waals surface area contributed by atoms with Crippen LogP contribution >= 0.6 is 0 Å². The van der Waals surface area contributed by atoms with Gasteiger partial charge in [-0.1, -0.05) is 36.4 Å². The molecule has 0 aliphatic carbocycles. The van der Waals surface area contributed by atoms with Crippen molar-refractivity contribution in [1.82, 2.24) is 16.0 Å². The van der Waals surface area contributed by atoms with E-state index in [-0.39, 0.29) is 29.5 Å². The number of nitrogens with one attached hydrogen (secondary N) is 3. The number of carbonyl (C=O) groups is 3. The first kappa shape index (κ1) is 55.3. The van der Waals surface area contributed by atoms with E-state index in [1.165, 1.54) is 38.1 Å². The highest BCUT2D eigenvalue weighted by atomic mass is 19.1. The summed E-state index contributed by atoms with van der Waals surface area (Å²) < 4.78 is 50.6. The lowest BCUT2D eigenvalue weighted by Crippen LogP contribution is -2.63. The van der Waals surface area contributed by atoms with Crippen LogP contribution < -0.4 is 25.4 Å². The van der Waals surface area contributed by atoms with Gasteiger partial charge in [0.15, 0.2) is 0 Å². The monoisotopic (exact) mass is 981 g/mol. The predicted molar refractivity (Wildman–Crippen MR) is 252 cm³/mol. The Morgan fingerprint density at radius 3 is 1.39 bits per heavy atom. The normalized spacial score (nSPS) is 25.5. The third-order valence-electron chi connectivity index (χ3n) is 12.0. The largest absolute Gasteiger partial charge is 0.480 e. The van der Waals surface area contributed by atoms with Crippen LogP contribution in [0.1, 0.15) is 65.5 Å². The smallest absolute Gasteiger partial charge is 0.320 e. The van der Waals surface area contributed by atoms with Gasteiger partial charge in [0.2, 0.25) is 24.4 Å². The minimum atomic E-state index is -1.46. The van der Waals surface area contributed by atoms with E-state index in [4.69, 9.17) is 24.1 Å². The predicted octanol–water partition coefficient (Wildman–Crippen LogP) is 3.36. The van der Waals surface area contributed by atoms with Gasteiger partial charge in [-0.15, -0.1) is 0 Å². The van der Waals surface area contributed by atoms with Crippen LogP contribution in [0.15, 0.2) is 84.9 Å². The molecule has 3 aliphatic heterocycles. The summed E-state index contributed by atoms with van der Waals surface area (Å²) >= 11 is 0. The van der Waals surface area contributed by atoms with Crippen molar-refractivity contribution in [2.24, 2.45) is 0 Å². The molecule has 0 saturated carbocycles. The molecule has 0 bridgehead atoms. The number of ether oxygens (including phenoxy) is 4. The Labute approximate surface area is 405 Å². The highest BCUT2D eigenvalue weighted by Gasteiger charge is 2.50. The van der Waals surface area contributed by atoms with Crippen LogP contribution in [-0.2, 0) is 36.7 Å². The molecule has 9 atom stereocenters. The van der Waals surface area contributed by atoms with Gasteiger partial charge in [0.05, 0.1) is 11.2 Å². The van der Waals surface area contributed by atoms with Gasteiger partial charge in [0.1, 0.15) is 65.8 Å². The average Bonchev–Trinajstić information content (AvgIpc) is 3.86. The van der Waals surface area contributed by atoms with E-state index in [0.29, 0.717) is 59.7 Å². The highest BCUT2D eigenvalue weighted by Crippen LogP contribution is 2.36. The van der Waals surface area contributed by atoms with E-state index in [2.05, 4.69) is 16.0 Å². The Hall–Kier alpha value is -5.61. The molecule has 3 aliphatic rings. The van der Waals surface area contributed by atoms with Crippen molar-refractivity contribution < 1.29 is 77.9 Å². The summed E-state index contributed by atoms with van der Waals surface area (Å²) in [4.78, 5) is 32.5. The minimum absolute atomic E-state index is 0.140. The van der Waals surface area contributed by atoms with Crippen LogP contribution in [0.5, 0.6) is 11.5 Å². The van der Waals surface area contributed by atoms with Gasteiger partial charge in [-0.2, -0.15) is 0 Å². The molecule has 70 heavy (non-hydrogen) atoms. The van der Waals surface area contributed by atoms with E-state index in [1.807, 2.05) is 0 Å². The molecule has 7 rings (SSSR count). The summed E-state index contributed by atoms with van der Waals surface area (Å²) in [5, 5.41) is 77.7. The van der Waals surface area contributed by atoms with Crippen molar-refractivity contribution in [3.63, 3.8) is 0 Å². The summed E-state index contributed by atoms with van der Waals surface area (Å²) in [7, 11) is 0. The molecular formula is C51H65F2N3O14. The zero-order chi connectivity index (χ0) is 51.5. The van der Waals surface area contributed by atoms with Crippen molar-refractivity contribution in [2.75, 3.05) is 19.6 Å². The number of carboxylic acids is 1. The van der Waals surface area contributed by atoms with E-state index in [9.17, 15) is 53.8 Å². The van der Waals surface area contributed by atoms with Crippen LogP contribution in [0, 0.1) is 11.6 Å². The maximum atomic E-state index is 13.8. The Morgan fingerprint density at radius 2 is 1.06 bits per heavy atom. The zero-order valence-electron chi connectivity index (χ0n) is 40.0. The molecule has 17 nitrogen and oxygen atoms in total. The molecular weight excluding hydrogens is 917 g/mol. The van der Waals surface area contributed by atoms with Crippen LogP contribution in [0.4, 0.5) is 8.78 Å². The standard InChI is InChI=1S/2C23H28FNO6.C5H9NO2/c2*1-13(26)25-10-9-14-7-8-17(12-18(14)15-5-4-6-16(24)11-15)30-22-20(28)19(27)21(29)23(2,3)31-22;7-5(8)4-2-1-3-6-4/h2*4-8,11-12,19-22,27-29H,9-10H2,1-3H3,(H,25,26);4,6H,1-3H2,(H,7,8)/t;;4-/m..0/s1. The summed E-state index contributed by atoms with van der Waals surface area (Å²) in [6.45, 7) is 10.9. The van der Waals surface area contributed by atoms with Crippen molar-refractivity contribution in [3.05, 3.63) is 108 Å². The minimum Gasteiger partial charge on any atom is -0.480 e. The lowest BCUT2D eigenvalue weighted by molar-refractivity contribution is -0.301. The molecule has 8 unspecified atom stereocenters. The number of halogens is 2. The fourth-order valence-corrected chi connectivity index (χ4v) is 8.04. The second-order valence-corrected chi connectivity index (χ2v) is 18.4. The molecule has 4 aromatic carbocycles. The fraction of sp³-hybridized carbons (Fsp3) is 0.471. The lowest BCUT2D eigenvalue weighted by Gasteiger charge is -2.44. The van der Waals surface area contributed by atoms with Gasteiger partial charge >= 0.3 is 5.97 Å². The van der Waals surface area contributed by atoms with Gasteiger partial charge in [0.25, 0.3) is 0 Å². The number of aliphatic hydroxyl groups is 6. The maximum Gasteiger partial charge on any atom is 0.320 e. The van der Waals surface area contributed by atoms with Crippen molar-refractivity contribution in [3.8, 4) is 33.8 Å². The van der Waals surface area contributed by atoms with Gasteiger partial charge in [0, 0.05) is 26.9 Å². The number of rotatable bonds is 13. The summed E-state index contributed by atoms with van der Waals surface area (Å²) in [6, 6.07) is 22.3. The summed E-state index contributed by atoms with van der Waals surface area (Å²) in [5.74, 6) is -1.10. The van der Waals surface area contributed by atoms with Crippen molar-refractivity contribution in [2.45, 2.75) is 134 Å². The number of amides is 2. The molecule has 382 valence electrons. The molecule has 3 saturated heterocycles. The summed E-state index contributed by atoms with van der Waals surface area (Å²) in [6.07, 6.45) is -7.94. The SMILES string of the molecule is CC(=O)NCCc1ccc(OC2OC(C)(C)C(O)C(O)C2O)cc1-c1cccc(F)c1.CC(=O)NCCc1ccc(OC2OC(C)(C)C(O)C(O)C2O)cc1-c1cccc(F)c1.O=C(O)[C@@H]1CCCN1. The first-order valence-electron chi connectivity index (χ1n) is 23.0. The molecule has 0 spiro atoms. The van der Waals surface area contributed by atoms with E-state index in [0.717, 1.165) is 30.5 Å². The van der Waals surface area contributed by atoms with Gasteiger partial charge < -0.3 is 70.6 Å². The Kier molecular flexibility index (Phi) is 19.3. The molecule has 0 radical (unpaired) electrons. The van der Waals surface area contributed by atoms with Crippen molar-refractivity contribution >= 4 is 17.8 Å². The first-order chi connectivity index (χ1) is 33.0. The number of hydrogen-bond donors (Lipinski definition) is 10. The topological polar surface area (TPSA) is 266 Å². The fourth-order valence-electron chi connectivity index (χ4n) is 8.04. The van der Waals surface area contributed by atoms with Gasteiger partial charge in [-0.05, 0) is 142 Å². The van der Waals surface area contributed by atoms with Crippen LogP contribution in [0.25, 0.3) is 22.3 Å². The highest BCUT2D eigenvalue weighted by molar-refractivity contribution is 5.74. The number of hydrogen-bond acceptors (Lipinski definition) is 14. The van der Waals surface area contributed by atoms with Gasteiger partial charge in [-0.3, -0.25) is 14.4 Å². The molecule has 2 amide bonds. The van der Waals surface area contributed by atoms with Gasteiger partial charge in [-0.25, -0.2) is 8.78 Å². The molecule has 3 heterocycles. The quantitative estimate of drug-likeness (QED) is 0.0921. The summed E-state index contributed by atoms with van der Waals surface area (Å²) in [5.41, 5.74) is 2.13. The Balaban J connectivity index is 0.000000225. The number of benzene rings is 4. The molecule has 10 N–H and O–H groups in total. The third kappa shape index (κ3) is 15.0. The number of aliphatic carboxylic acids is 1. The van der Waals surface area contributed by atoms with Crippen LogP contribution in [0.3, 0.4) is 0 Å². The number of carboxylic acid groups (broad SMARTS) is 1. The van der Waals surface area contributed by atoms with Crippen LogP contribution in [0.2, 0.25) is 0 Å². The number of carbonyl (C=O) groups excluding carboxylic acids is 2. The maximum absolute atomic E-state index is 13.8.